The maximum Gasteiger partial charge on any atom is 0.253 e. The minimum absolute atomic E-state index is 0.0588. The van der Waals surface area contributed by atoms with Gasteiger partial charge >= 0.3 is 0 Å². The van der Waals surface area contributed by atoms with Crippen LogP contribution in [0.25, 0.3) is 0 Å². The second-order valence-electron chi connectivity index (χ2n) is 9.25. The Hall–Kier alpha value is -2.38. The lowest BCUT2D eigenvalue weighted by atomic mass is 9.90. The zero-order valence-electron chi connectivity index (χ0n) is 19.6. The number of amides is 1. The Morgan fingerprint density at radius 3 is 2.39 bits per heavy atom. The molecule has 2 aromatic carbocycles. The van der Waals surface area contributed by atoms with Crippen LogP contribution in [0.4, 0.5) is 0 Å². The predicted octanol–water partition coefficient (Wildman–Crippen LogP) is 4.35. The smallest absolute Gasteiger partial charge is 0.253 e. The van der Waals surface area contributed by atoms with E-state index in [-0.39, 0.29) is 22.6 Å². The number of carbonyl (C=O) groups excluding carboxylic acids is 1. The minimum Gasteiger partial charge on any atom is -0.495 e. The Kier molecular flexibility index (Phi) is 7.39. The molecule has 4 rings (SSSR count). The van der Waals surface area contributed by atoms with E-state index in [0.717, 1.165) is 38.5 Å². The molecule has 2 heterocycles. The van der Waals surface area contributed by atoms with Crippen LogP contribution in [-0.4, -0.2) is 56.3 Å². The summed E-state index contributed by atoms with van der Waals surface area (Å²) >= 11 is 0. The van der Waals surface area contributed by atoms with Crippen molar-refractivity contribution in [2.75, 3.05) is 26.7 Å². The Labute approximate surface area is 197 Å². The average molecular weight is 471 g/mol. The van der Waals surface area contributed by atoms with Gasteiger partial charge in [0.25, 0.3) is 5.91 Å². The van der Waals surface area contributed by atoms with Gasteiger partial charge in [-0.05, 0) is 68.7 Å². The van der Waals surface area contributed by atoms with Crippen molar-refractivity contribution in [3.8, 4) is 5.75 Å². The number of hydrogen-bond acceptors (Lipinski definition) is 4. The normalized spacial score (nSPS) is 20.5. The predicted molar refractivity (Wildman–Crippen MR) is 129 cm³/mol. The SMILES string of the molecule is COc1ccc(C(=O)N2CCC(Cc3ccccc3)CC2)cc1S(=O)(=O)N1CCCCC1C. The van der Waals surface area contributed by atoms with Crippen molar-refractivity contribution < 1.29 is 17.9 Å². The Morgan fingerprint density at radius 2 is 1.73 bits per heavy atom. The largest absolute Gasteiger partial charge is 0.495 e. The zero-order valence-corrected chi connectivity index (χ0v) is 20.4. The summed E-state index contributed by atoms with van der Waals surface area (Å²) in [5.74, 6) is 0.730. The second kappa shape index (κ2) is 10.3. The molecule has 0 aliphatic carbocycles. The van der Waals surface area contributed by atoms with Gasteiger partial charge in [-0.1, -0.05) is 36.8 Å². The highest BCUT2D eigenvalue weighted by molar-refractivity contribution is 7.89. The molecule has 2 saturated heterocycles. The molecule has 0 aromatic heterocycles. The van der Waals surface area contributed by atoms with Gasteiger partial charge in [0.15, 0.2) is 0 Å². The number of hydrogen-bond donors (Lipinski definition) is 0. The lowest BCUT2D eigenvalue weighted by molar-refractivity contribution is 0.0690. The van der Waals surface area contributed by atoms with Gasteiger partial charge in [-0.2, -0.15) is 4.31 Å². The number of piperidine rings is 2. The molecule has 2 aliphatic heterocycles. The minimum atomic E-state index is -3.75. The standard InChI is InChI=1S/C26H34N2O4S/c1-20-8-6-7-15-28(20)33(30,31)25-19-23(11-12-24(25)32-2)26(29)27-16-13-22(14-17-27)18-21-9-4-3-5-10-21/h3-5,9-12,19-20,22H,6-8,13-18H2,1-2H3. The first-order valence-corrected chi connectivity index (χ1v) is 13.4. The summed E-state index contributed by atoms with van der Waals surface area (Å²) in [6.07, 6.45) is 5.66. The first-order valence-electron chi connectivity index (χ1n) is 11.9. The van der Waals surface area contributed by atoms with Gasteiger partial charge < -0.3 is 9.64 Å². The number of nitrogens with zero attached hydrogens (tertiary/aromatic N) is 2. The van der Waals surface area contributed by atoms with Gasteiger partial charge in [0.2, 0.25) is 10.0 Å². The molecule has 2 aliphatic rings. The van der Waals surface area contributed by atoms with Gasteiger partial charge in [-0.3, -0.25) is 4.79 Å². The highest BCUT2D eigenvalue weighted by Crippen LogP contribution is 2.32. The highest BCUT2D eigenvalue weighted by atomic mass is 32.2. The van der Waals surface area contributed by atoms with E-state index in [4.69, 9.17) is 4.74 Å². The van der Waals surface area contributed by atoms with Crippen molar-refractivity contribution in [2.45, 2.75) is 56.4 Å². The lowest BCUT2D eigenvalue weighted by Crippen LogP contribution is -2.42. The van der Waals surface area contributed by atoms with E-state index in [1.54, 1.807) is 16.4 Å². The summed E-state index contributed by atoms with van der Waals surface area (Å²) in [6, 6.07) is 15.2. The number of carbonyl (C=O) groups is 1. The zero-order chi connectivity index (χ0) is 23.4. The van der Waals surface area contributed by atoms with Crippen LogP contribution < -0.4 is 4.74 Å². The van der Waals surface area contributed by atoms with Crippen molar-refractivity contribution >= 4 is 15.9 Å². The number of ether oxygens (including phenoxy) is 1. The molecule has 0 bridgehead atoms. The van der Waals surface area contributed by atoms with Crippen molar-refractivity contribution in [1.29, 1.82) is 0 Å². The van der Waals surface area contributed by atoms with Crippen LogP contribution >= 0.6 is 0 Å². The first kappa shape index (κ1) is 23.8. The third-order valence-corrected chi connectivity index (χ3v) is 9.04. The molecule has 1 amide bonds. The molecule has 2 aromatic rings. The maximum atomic E-state index is 13.5. The molecule has 0 N–H and O–H groups in total. The lowest BCUT2D eigenvalue weighted by Gasteiger charge is -2.33. The van der Waals surface area contributed by atoms with E-state index >= 15 is 0 Å². The van der Waals surface area contributed by atoms with E-state index in [1.807, 2.05) is 17.9 Å². The third-order valence-electron chi connectivity index (χ3n) is 7.01. The van der Waals surface area contributed by atoms with Crippen LogP contribution in [0.15, 0.2) is 53.4 Å². The fourth-order valence-electron chi connectivity index (χ4n) is 5.04. The number of likely N-dealkylation sites (tertiary alicyclic amines) is 1. The van der Waals surface area contributed by atoms with Crippen LogP contribution in [-0.2, 0) is 16.4 Å². The second-order valence-corrected chi connectivity index (χ2v) is 11.1. The number of rotatable bonds is 6. The molecule has 0 spiro atoms. The van der Waals surface area contributed by atoms with E-state index in [0.29, 0.717) is 31.1 Å². The molecular weight excluding hydrogens is 436 g/mol. The van der Waals surface area contributed by atoms with Crippen LogP contribution in [0, 0.1) is 5.92 Å². The number of benzene rings is 2. The maximum absolute atomic E-state index is 13.5. The summed E-state index contributed by atoms with van der Waals surface area (Å²) in [6.45, 7) is 3.82. The third kappa shape index (κ3) is 5.25. The highest BCUT2D eigenvalue weighted by Gasteiger charge is 2.34. The van der Waals surface area contributed by atoms with Crippen molar-refractivity contribution in [2.24, 2.45) is 5.92 Å². The molecule has 178 valence electrons. The molecule has 1 atom stereocenters. The summed E-state index contributed by atoms with van der Waals surface area (Å²) in [7, 11) is -2.28. The van der Waals surface area contributed by atoms with Gasteiger partial charge in [-0.25, -0.2) is 8.42 Å². The summed E-state index contributed by atoms with van der Waals surface area (Å²) in [5.41, 5.74) is 1.74. The van der Waals surface area contributed by atoms with Crippen molar-refractivity contribution in [3.63, 3.8) is 0 Å². The van der Waals surface area contributed by atoms with Crippen LogP contribution in [0.1, 0.15) is 54.9 Å². The van der Waals surface area contributed by atoms with Gasteiger partial charge in [-0.15, -0.1) is 0 Å². The van der Waals surface area contributed by atoms with Crippen molar-refractivity contribution in [1.82, 2.24) is 9.21 Å². The molecule has 7 heteroatoms. The van der Waals surface area contributed by atoms with Gasteiger partial charge in [0.1, 0.15) is 10.6 Å². The Bertz CT molecular complexity index is 1060. The molecule has 1 unspecified atom stereocenters. The van der Waals surface area contributed by atoms with Crippen molar-refractivity contribution in [3.05, 3.63) is 59.7 Å². The summed E-state index contributed by atoms with van der Waals surface area (Å²) in [5, 5.41) is 0. The molecule has 2 fully saturated rings. The van der Waals surface area contributed by atoms with Gasteiger partial charge in [0, 0.05) is 31.2 Å². The molecule has 33 heavy (non-hydrogen) atoms. The molecule has 0 saturated carbocycles. The summed E-state index contributed by atoms with van der Waals surface area (Å²) < 4.78 is 33.9. The molecular formula is C26H34N2O4S. The van der Waals surface area contributed by atoms with E-state index in [9.17, 15) is 13.2 Å². The van der Waals surface area contributed by atoms with E-state index < -0.39 is 10.0 Å². The van der Waals surface area contributed by atoms with Crippen LogP contribution in [0.2, 0.25) is 0 Å². The first-order chi connectivity index (χ1) is 15.9. The monoisotopic (exact) mass is 470 g/mol. The van der Waals surface area contributed by atoms with Crippen LogP contribution in [0.5, 0.6) is 5.75 Å². The fourth-order valence-corrected chi connectivity index (χ4v) is 6.92. The number of methoxy groups -OCH3 is 1. The summed E-state index contributed by atoms with van der Waals surface area (Å²) in [4.78, 5) is 15.2. The van der Waals surface area contributed by atoms with E-state index in [2.05, 4.69) is 24.3 Å². The topological polar surface area (TPSA) is 66.9 Å². The number of sulfonamides is 1. The van der Waals surface area contributed by atoms with E-state index in [1.165, 1.54) is 18.7 Å². The van der Waals surface area contributed by atoms with Gasteiger partial charge in [0.05, 0.1) is 7.11 Å². The van der Waals surface area contributed by atoms with Crippen LogP contribution in [0.3, 0.4) is 0 Å². The Balaban J connectivity index is 1.48. The Morgan fingerprint density at radius 1 is 1.00 bits per heavy atom. The molecule has 6 nitrogen and oxygen atoms in total. The quantitative estimate of drug-likeness (QED) is 0.629. The molecule has 0 radical (unpaired) electrons. The fraction of sp³-hybridized carbons (Fsp3) is 0.500. The average Bonchev–Trinajstić information content (AvgIpc) is 2.84.